The number of carbonyl (C=O) groups excluding carboxylic acids is 4. The van der Waals surface area contributed by atoms with E-state index in [-0.39, 0.29) is 37.8 Å². The largest absolute Gasteiger partial charge is 0.480 e. The minimum atomic E-state index is -1.09. The maximum atomic E-state index is 13.6. The number of nitrogens with zero attached hydrogens (tertiary/aromatic N) is 2. The quantitative estimate of drug-likeness (QED) is 0.0886. The highest BCUT2D eigenvalue weighted by Crippen LogP contribution is 2.21. The number of fused-ring (bicyclic) bond motifs is 1. The molecule has 0 unspecified atom stereocenters. The van der Waals surface area contributed by atoms with Crippen molar-refractivity contribution in [2.75, 3.05) is 13.1 Å². The fraction of sp³-hybridized carbons (Fsp3) is 0.517. The minimum absolute atomic E-state index is 0.112. The molecule has 3 rings (SSSR count). The van der Waals surface area contributed by atoms with Gasteiger partial charge < -0.3 is 42.4 Å². The Morgan fingerprint density at radius 3 is 2.42 bits per heavy atom. The van der Waals surface area contributed by atoms with Crippen molar-refractivity contribution in [3.8, 4) is 0 Å². The molecule has 2 heterocycles. The van der Waals surface area contributed by atoms with Crippen LogP contribution in [0.4, 0.5) is 0 Å². The first kappa shape index (κ1) is 32.9. The number of carboxylic acid groups (broad SMARTS) is 1. The van der Waals surface area contributed by atoms with Crippen molar-refractivity contribution in [2.45, 2.75) is 77.0 Å². The number of H-pyrrole nitrogens is 1. The summed E-state index contributed by atoms with van der Waals surface area (Å²) in [6.45, 7) is 5.27. The molecule has 4 atom stereocenters. The molecule has 1 aromatic carbocycles. The maximum Gasteiger partial charge on any atom is 0.326 e. The van der Waals surface area contributed by atoms with Gasteiger partial charge in [0, 0.05) is 43.5 Å². The molecule has 1 aromatic heterocycles. The number of aliphatic imine (C=N–C) groups is 1. The molecule has 9 N–H and O–H groups in total. The minimum Gasteiger partial charge on any atom is -0.480 e. The lowest BCUT2D eigenvalue weighted by atomic mass is 10.0. The van der Waals surface area contributed by atoms with Crippen molar-refractivity contribution in [3.05, 3.63) is 36.0 Å². The van der Waals surface area contributed by atoms with Crippen molar-refractivity contribution in [3.63, 3.8) is 0 Å². The van der Waals surface area contributed by atoms with Crippen LogP contribution < -0.4 is 27.4 Å². The molecule has 1 aliphatic heterocycles. The summed E-state index contributed by atoms with van der Waals surface area (Å²) in [7, 11) is 0. The van der Waals surface area contributed by atoms with Gasteiger partial charge in [-0.25, -0.2) is 4.79 Å². The summed E-state index contributed by atoms with van der Waals surface area (Å²) in [6, 6.07) is 3.51. The number of benzene rings is 1. The Bertz CT molecular complexity index is 1350. The smallest absolute Gasteiger partial charge is 0.326 e. The van der Waals surface area contributed by atoms with Crippen LogP contribution in [0.25, 0.3) is 10.9 Å². The summed E-state index contributed by atoms with van der Waals surface area (Å²) in [5.74, 6) is -3.68. The third-order valence-corrected chi connectivity index (χ3v) is 7.42. The zero-order chi connectivity index (χ0) is 31.7. The molecule has 0 aliphatic carbocycles. The highest BCUT2D eigenvalue weighted by Gasteiger charge is 2.39. The van der Waals surface area contributed by atoms with Crippen molar-refractivity contribution in [1.82, 2.24) is 25.8 Å². The van der Waals surface area contributed by atoms with Gasteiger partial charge in [0.2, 0.25) is 23.6 Å². The number of aromatic nitrogens is 1. The highest BCUT2D eigenvalue weighted by atomic mass is 16.4. The van der Waals surface area contributed by atoms with Crippen LogP contribution in [0.3, 0.4) is 0 Å². The lowest BCUT2D eigenvalue weighted by Gasteiger charge is -2.31. The predicted octanol–water partition coefficient (Wildman–Crippen LogP) is -0.0301. The number of likely N-dealkylation sites (tertiary alicyclic amines) is 1. The van der Waals surface area contributed by atoms with Crippen molar-refractivity contribution in [2.24, 2.45) is 22.4 Å². The van der Waals surface area contributed by atoms with E-state index in [0.717, 1.165) is 16.5 Å². The number of guanidine groups is 1. The molecule has 0 spiro atoms. The van der Waals surface area contributed by atoms with E-state index in [0.29, 0.717) is 19.3 Å². The van der Waals surface area contributed by atoms with E-state index in [9.17, 15) is 29.1 Å². The van der Waals surface area contributed by atoms with Gasteiger partial charge in [0.05, 0.1) is 0 Å². The van der Waals surface area contributed by atoms with Gasteiger partial charge in [-0.05, 0) is 43.2 Å². The number of para-hydroxylation sites is 1. The monoisotopic (exact) mass is 598 g/mol. The fourth-order valence-electron chi connectivity index (χ4n) is 5.25. The van der Waals surface area contributed by atoms with Gasteiger partial charge in [-0.1, -0.05) is 32.0 Å². The molecule has 2 aromatic rings. The van der Waals surface area contributed by atoms with E-state index in [1.54, 1.807) is 20.0 Å². The Morgan fingerprint density at radius 2 is 1.77 bits per heavy atom. The Balaban J connectivity index is 1.81. The average Bonchev–Trinajstić information content (AvgIpc) is 3.60. The highest BCUT2D eigenvalue weighted by molar-refractivity contribution is 5.95. The molecule has 14 heteroatoms. The third-order valence-electron chi connectivity index (χ3n) is 7.42. The van der Waals surface area contributed by atoms with E-state index in [1.807, 2.05) is 24.3 Å². The second kappa shape index (κ2) is 15.0. The molecule has 234 valence electrons. The van der Waals surface area contributed by atoms with Gasteiger partial charge in [-0.2, -0.15) is 0 Å². The lowest BCUT2D eigenvalue weighted by Crippen LogP contribution is -2.59. The summed E-state index contributed by atoms with van der Waals surface area (Å²) in [6.07, 6.45) is 3.28. The molecule has 0 radical (unpaired) electrons. The number of hydrogen-bond acceptors (Lipinski definition) is 6. The van der Waals surface area contributed by atoms with Crippen LogP contribution in [0.2, 0.25) is 0 Å². The number of nitrogens with one attached hydrogen (secondary N) is 4. The molecule has 1 fully saturated rings. The normalized spacial score (nSPS) is 16.7. The van der Waals surface area contributed by atoms with Crippen LogP contribution in [0.15, 0.2) is 35.5 Å². The maximum absolute atomic E-state index is 13.6. The van der Waals surface area contributed by atoms with Crippen LogP contribution in [0, 0.1) is 5.92 Å². The van der Waals surface area contributed by atoms with Gasteiger partial charge >= 0.3 is 5.97 Å². The molecule has 0 bridgehead atoms. The SMILES string of the molecule is CC(=O)N[C@@H](Cc1c[nH]c2ccccc12)C(=O)N[C@@H](CCCN=C(N)N)C(=O)N[C@H](C(=O)N1CCC[C@H]1C(=O)O)C(C)C. The van der Waals surface area contributed by atoms with Crippen molar-refractivity contribution in [1.29, 1.82) is 0 Å². The average molecular weight is 599 g/mol. The molecule has 43 heavy (non-hydrogen) atoms. The number of hydrogen-bond donors (Lipinski definition) is 7. The van der Waals surface area contributed by atoms with Gasteiger partial charge in [-0.15, -0.1) is 0 Å². The van der Waals surface area contributed by atoms with Crippen LogP contribution >= 0.6 is 0 Å². The number of rotatable bonds is 14. The standard InChI is InChI=1S/C29H42N8O6/c1-16(2)24(27(41)37-13-7-11-23(37)28(42)43)36-25(39)21(10-6-12-32-29(30)31)35-26(40)22(34-17(3)38)14-18-15-33-20-9-5-4-8-19(18)20/h4-5,8-9,15-16,21-24,33H,6-7,10-14H2,1-3H3,(H,34,38)(H,35,40)(H,36,39)(H,42,43)(H4,30,31,32)/t21-,22-,23-,24-/m0/s1. The van der Waals surface area contributed by atoms with E-state index < -0.39 is 53.8 Å². The summed E-state index contributed by atoms with van der Waals surface area (Å²) < 4.78 is 0. The number of carboxylic acids is 1. The fourth-order valence-corrected chi connectivity index (χ4v) is 5.25. The number of aliphatic carboxylic acids is 1. The van der Waals surface area contributed by atoms with Gasteiger partial charge in [0.1, 0.15) is 24.2 Å². The van der Waals surface area contributed by atoms with Gasteiger partial charge in [0.25, 0.3) is 0 Å². The van der Waals surface area contributed by atoms with E-state index in [1.165, 1.54) is 11.8 Å². The number of amides is 4. The third kappa shape index (κ3) is 8.93. The number of carbonyl (C=O) groups is 5. The molecular formula is C29H42N8O6. The first-order valence-corrected chi connectivity index (χ1v) is 14.4. The predicted molar refractivity (Wildman–Crippen MR) is 161 cm³/mol. The lowest BCUT2D eigenvalue weighted by molar-refractivity contribution is -0.150. The zero-order valence-electron chi connectivity index (χ0n) is 24.8. The molecule has 4 amide bonds. The van der Waals surface area contributed by atoms with Gasteiger partial charge in [-0.3, -0.25) is 24.2 Å². The van der Waals surface area contributed by atoms with E-state index in [4.69, 9.17) is 11.5 Å². The molecule has 1 aliphatic rings. The Hall–Kier alpha value is -4.62. The van der Waals surface area contributed by atoms with Gasteiger partial charge in [0.15, 0.2) is 5.96 Å². The summed E-state index contributed by atoms with van der Waals surface area (Å²) >= 11 is 0. The molecule has 1 saturated heterocycles. The van der Waals surface area contributed by atoms with E-state index in [2.05, 4.69) is 25.9 Å². The molecule has 0 saturated carbocycles. The van der Waals surface area contributed by atoms with E-state index >= 15 is 0 Å². The van der Waals surface area contributed by atoms with Crippen LogP contribution in [0.1, 0.15) is 52.0 Å². The Kier molecular flexibility index (Phi) is 11.5. The van der Waals surface area contributed by atoms with Crippen molar-refractivity contribution < 1.29 is 29.1 Å². The van der Waals surface area contributed by atoms with Crippen LogP contribution in [-0.4, -0.2) is 87.8 Å². The second-order valence-electron chi connectivity index (χ2n) is 11.1. The number of nitrogens with two attached hydrogens (primary N) is 2. The van der Waals surface area contributed by atoms with Crippen LogP contribution in [-0.2, 0) is 30.4 Å². The Morgan fingerprint density at radius 1 is 1.07 bits per heavy atom. The first-order chi connectivity index (χ1) is 20.4. The zero-order valence-corrected chi connectivity index (χ0v) is 24.8. The molecular weight excluding hydrogens is 556 g/mol. The number of aromatic amines is 1. The molecule has 14 nitrogen and oxygen atoms in total. The first-order valence-electron chi connectivity index (χ1n) is 14.4. The second-order valence-corrected chi connectivity index (χ2v) is 11.1. The Labute approximate surface area is 250 Å². The van der Waals surface area contributed by atoms with Crippen molar-refractivity contribution >= 4 is 46.5 Å². The summed E-state index contributed by atoms with van der Waals surface area (Å²) in [4.78, 5) is 72.7. The van der Waals surface area contributed by atoms with Crippen LogP contribution in [0.5, 0.6) is 0 Å². The summed E-state index contributed by atoms with van der Waals surface area (Å²) in [5.41, 5.74) is 12.5. The topological polar surface area (TPSA) is 225 Å². The summed E-state index contributed by atoms with van der Waals surface area (Å²) in [5, 5.41) is 18.6.